The zero-order chi connectivity index (χ0) is 14.7. The highest BCUT2D eigenvalue weighted by atomic mass is 16.4. The van der Waals surface area contributed by atoms with E-state index in [9.17, 15) is 4.79 Å². The lowest BCUT2D eigenvalue weighted by Gasteiger charge is -2.07. The number of aliphatic imine (C=N–C) groups is 1. The van der Waals surface area contributed by atoms with Crippen LogP contribution in [0.1, 0.15) is 15.9 Å². The molecule has 0 aliphatic carbocycles. The van der Waals surface area contributed by atoms with E-state index in [1.54, 1.807) is 12.5 Å². The maximum absolute atomic E-state index is 11.1. The van der Waals surface area contributed by atoms with Crippen molar-refractivity contribution in [1.82, 2.24) is 15.5 Å². The first-order chi connectivity index (χ1) is 10.3. The first-order valence-corrected chi connectivity index (χ1v) is 6.28. The lowest BCUT2D eigenvalue weighted by atomic mass is 10.0. The molecule has 0 fully saturated rings. The van der Waals surface area contributed by atoms with Gasteiger partial charge in [0, 0.05) is 17.5 Å². The summed E-state index contributed by atoms with van der Waals surface area (Å²) in [5.74, 6) is -1.00. The van der Waals surface area contributed by atoms with Gasteiger partial charge in [0.15, 0.2) is 0 Å². The third kappa shape index (κ3) is 2.59. The highest BCUT2D eigenvalue weighted by Gasteiger charge is 2.14. The molecule has 3 rings (SSSR count). The number of hydrogen-bond acceptors (Lipinski definition) is 4. The zero-order valence-corrected chi connectivity index (χ0v) is 10.9. The number of H-pyrrole nitrogens is 1. The summed E-state index contributed by atoms with van der Waals surface area (Å²) in [5, 5.41) is 18.7. The second-order valence-corrected chi connectivity index (χ2v) is 4.39. The topological polar surface area (TPSA) is 90.4 Å². The molecule has 2 aromatic rings. The third-order valence-corrected chi connectivity index (χ3v) is 3.08. The van der Waals surface area contributed by atoms with Gasteiger partial charge in [0.2, 0.25) is 0 Å². The monoisotopic (exact) mass is 280 g/mol. The minimum atomic E-state index is -1.00. The molecule has 1 aromatic heterocycles. The van der Waals surface area contributed by atoms with Crippen LogP contribution in [-0.2, 0) is 0 Å². The van der Waals surface area contributed by atoms with Gasteiger partial charge in [-0.1, -0.05) is 24.3 Å². The molecule has 1 aliphatic heterocycles. The van der Waals surface area contributed by atoms with Crippen molar-refractivity contribution in [3.05, 3.63) is 59.9 Å². The van der Waals surface area contributed by atoms with E-state index in [-0.39, 0.29) is 5.56 Å². The summed E-state index contributed by atoms with van der Waals surface area (Å²) < 4.78 is 0. The standard InChI is InChI=1S/C15H12N4O2/c20-15(21)12-8-18-19-14(12)11-5-3-10(4-6-11)13-2-1-7-16-9-17-13/h1-9H,(H,16,17)(H,18,19)(H,20,21). The fourth-order valence-corrected chi connectivity index (χ4v) is 2.05. The quantitative estimate of drug-likeness (QED) is 0.804. The number of carboxylic acids is 1. The Morgan fingerprint density at radius 1 is 1.14 bits per heavy atom. The van der Waals surface area contributed by atoms with Crippen LogP contribution in [0, 0.1) is 0 Å². The second-order valence-electron chi connectivity index (χ2n) is 4.39. The molecular formula is C15H12N4O2. The average Bonchev–Trinajstić information content (AvgIpc) is 2.83. The summed E-state index contributed by atoms with van der Waals surface area (Å²) in [4.78, 5) is 15.1. The predicted molar refractivity (Wildman–Crippen MR) is 79.7 cm³/mol. The van der Waals surface area contributed by atoms with Crippen LogP contribution >= 0.6 is 0 Å². The Hall–Kier alpha value is -3.15. The van der Waals surface area contributed by atoms with Gasteiger partial charge in [-0.2, -0.15) is 5.10 Å². The van der Waals surface area contributed by atoms with Crippen molar-refractivity contribution in [3.63, 3.8) is 0 Å². The number of aromatic nitrogens is 2. The molecule has 0 spiro atoms. The van der Waals surface area contributed by atoms with Crippen LogP contribution in [0.3, 0.4) is 0 Å². The summed E-state index contributed by atoms with van der Waals surface area (Å²) in [5.41, 5.74) is 3.32. The van der Waals surface area contributed by atoms with Crippen LogP contribution in [0.4, 0.5) is 0 Å². The molecule has 1 aliphatic rings. The number of benzene rings is 1. The fraction of sp³-hybridized carbons (Fsp3) is 0. The van der Waals surface area contributed by atoms with E-state index in [0.29, 0.717) is 5.69 Å². The smallest absolute Gasteiger partial charge is 0.339 e. The van der Waals surface area contributed by atoms with E-state index in [4.69, 9.17) is 5.11 Å². The van der Waals surface area contributed by atoms with E-state index in [0.717, 1.165) is 16.8 Å². The molecule has 1 aromatic carbocycles. The van der Waals surface area contributed by atoms with E-state index < -0.39 is 5.97 Å². The van der Waals surface area contributed by atoms with E-state index in [1.165, 1.54) is 6.20 Å². The average molecular weight is 280 g/mol. The number of hydrogen-bond donors (Lipinski definition) is 3. The van der Waals surface area contributed by atoms with E-state index in [1.807, 2.05) is 36.4 Å². The lowest BCUT2D eigenvalue weighted by molar-refractivity contribution is 0.0698. The second kappa shape index (κ2) is 5.46. The van der Waals surface area contributed by atoms with Crippen LogP contribution in [0.15, 0.2) is 53.8 Å². The number of rotatable bonds is 3. The molecule has 2 heterocycles. The van der Waals surface area contributed by atoms with Gasteiger partial charge in [-0.15, -0.1) is 0 Å². The summed E-state index contributed by atoms with van der Waals surface area (Å²) in [6.45, 7) is 0. The molecule has 104 valence electrons. The molecule has 0 atom stereocenters. The Balaban J connectivity index is 1.92. The molecule has 0 saturated heterocycles. The molecule has 21 heavy (non-hydrogen) atoms. The van der Waals surface area contributed by atoms with Crippen LogP contribution < -0.4 is 5.32 Å². The minimum absolute atomic E-state index is 0.157. The SMILES string of the molecule is O=C(O)c1cn[nH]c1-c1ccc(C2=CC=CN=CN2)cc1. The number of nitrogens with zero attached hydrogens (tertiary/aromatic N) is 2. The predicted octanol–water partition coefficient (Wildman–Crippen LogP) is 2.26. The molecule has 0 unspecified atom stereocenters. The summed E-state index contributed by atoms with van der Waals surface area (Å²) in [6, 6.07) is 7.52. The van der Waals surface area contributed by atoms with Crippen LogP contribution in [0.2, 0.25) is 0 Å². The normalized spacial score (nSPS) is 13.4. The van der Waals surface area contributed by atoms with Gasteiger partial charge in [0.25, 0.3) is 0 Å². The summed E-state index contributed by atoms with van der Waals surface area (Å²) in [7, 11) is 0. The fourth-order valence-electron chi connectivity index (χ4n) is 2.05. The van der Waals surface area contributed by atoms with Gasteiger partial charge in [0.05, 0.1) is 18.2 Å². The van der Waals surface area contributed by atoms with Gasteiger partial charge < -0.3 is 10.4 Å². The lowest BCUT2D eigenvalue weighted by Crippen LogP contribution is -2.08. The number of aromatic carboxylic acids is 1. The first kappa shape index (κ1) is 12.9. The molecule has 6 heteroatoms. The van der Waals surface area contributed by atoms with Gasteiger partial charge in [-0.05, 0) is 17.7 Å². The molecular weight excluding hydrogens is 268 g/mol. The Labute approximate surface area is 120 Å². The zero-order valence-electron chi connectivity index (χ0n) is 10.9. The van der Waals surface area contributed by atoms with Gasteiger partial charge in [-0.3, -0.25) is 5.10 Å². The number of aromatic amines is 1. The first-order valence-electron chi connectivity index (χ1n) is 6.28. The van der Waals surface area contributed by atoms with Crippen LogP contribution in [0.25, 0.3) is 17.0 Å². The van der Waals surface area contributed by atoms with Crippen molar-refractivity contribution >= 4 is 18.0 Å². The van der Waals surface area contributed by atoms with Crippen molar-refractivity contribution in [2.75, 3.05) is 0 Å². The number of carboxylic acid groups (broad SMARTS) is 1. The van der Waals surface area contributed by atoms with Gasteiger partial charge in [0.1, 0.15) is 5.56 Å². The van der Waals surface area contributed by atoms with Gasteiger partial charge >= 0.3 is 5.97 Å². The van der Waals surface area contributed by atoms with Crippen molar-refractivity contribution < 1.29 is 9.90 Å². The van der Waals surface area contributed by atoms with Crippen molar-refractivity contribution in [2.24, 2.45) is 4.99 Å². The molecule has 3 N–H and O–H groups in total. The van der Waals surface area contributed by atoms with Crippen molar-refractivity contribution in [1.29, 1.82) is 0 Å². The Kier molecular flexibility index (Phi) is 3.34. The van der Waals surface area contributed by atoms with Crippen molar-refractivity contribution in [3.8, 4) is 11.3 Å². The van der Waals surface area contributed by atoms with E-state index >= 15 is 0 Å². The van der Waals surface area contributed by atoms with Gasteiger partial charge in [-0.25, -0.2) is 9.79 Å². The molecule has 0 radical (unpaired) electrons. The van der Waals surface area contributed by atoms with Crippen LogP contribution in [0.5, 0.6) is 0 Å². The number of nitrogens with one attached hydrogen (secondary N) is 2. The van der Waals surface area contributed by atoms with Crippen molar-refractivity contribution in [2.45, 2.75) is 0 Å². The molecule has 0 bridgehead atoms. The summed E-state index contributed by atoms with van der Waals surface area (Å²) in [6.07, 6.45) is 8.37. The minimum Gasteiger partial charge on any atom is -0.478 e. The number of carbonyl (C=O) groups is 1. The Bertz CT molecular complexity index is 754. The van der Waals surface area contributed by atoms with E-state index in [2.05, 4.69) is 20.5 Å². The third-order valence-electron chi connectivity index (χ3n) is 3.08. The summed E-state index contributed by atoms with van der Waals surface area (Å²) >= 11 is 0. The maximum atomic E-state index is 11.1. The maximum Gasteiger partial charge on any atom is 0.339 e. The Morgan fingerprint density at radius 3 is 2.67 bits per heavy atom. The molecule has 6 nitrogen and oxygen atoms in total. The van der Waals surface area contributed by atoms with Crippen LogP contribution in [-0.4, -0.2) is 27.6 Å². The Morgan fingerprint density at radius 2 is 1.90 bits per heavy atom. The highest BCUT2D eigenvalue weighted by Crippen LogP contribution is 2.23. The molecule has 0 amide bonds. The number of allylic oxidation sites excluding steroid dienone is 2. The highest BCUT2D eigenvalue weighted by molar-refractivity contribution is 5.94. The molecule has 0 saturated carbocycles. The largest absolute Gasteiger partial charge is 0.478 e.